The number of nitrogens with zero attached hydrogens (tertiary/aromatic N) is 2. The number of halogens is 2. The van der Waals surface area contributed by atoms with Crippen molar-refractivity contribution in [3.63, 3.8) is 0 Å². The normalized spacial score (nSPS) is 10.5. The van der Waals surface area contributed by atoms with Gasteiger partial charge in [0.25, 0.3) is 0 Å². The van der Waals surface area contributed by atoms with Gasteiger partial charge in [-0.25, -0.2) is 9.07 Å². The Bertz CT molecular complexity index is 725. The summed E-state index contributed by atoms with van der Waals surface area (Å²) in [6.07, 6.45) is 3.55. The lowest BCUT2D eigenvalue weighted by atomic mass is 10.3. The average molecular weight is 288 g/mol. The van der Waals surface area contributed by atoms with E-state index < -0.39 is 5.82 Å². The third-order valence-electron chi connectivity index (χ3n) is 2.81. The maximum atomic E-state index is 13.1. The van der Waals surface area contributed by atoms with Gasteiger partial charge >= 0.3 is 0 Å². The first kappa shape index (κ1) is 12.7. The Hall–Kier alpha value is -2.33. The van der Waals surface area contributed by atoms with Crippen molar-refractivity contribution in [2.45, 2.75) is 0 Å². The molecule has 0 atom stereocenters. The van der Waals surface area contributed by atoms with Gasteiger partial charge in [0.05, 0.1) is 28.8 Å². The number of para-hydroxylation sites is 1. The zero-order valence-corrected chi connectivity index (χ0v) is 11.2. The molecule has 0 aliphatic heterocycles. The fourth-order valence-electron chi connectivity index (χ4n) is 1.85. The molecule has 0 saturated carbocycles. The molecule has 0 bridgehead atoms. The van der Waals surface area contributed by atoms with E-state index in [2.05, 4.69) is 10.4 Å². The molecule has 0 fully saturated rings. The number of hydrogen-bond acceptors (Lipinski definition) is 2. The summed E-state index contributed by atoms with van der Waals surface area (Å²) in [5, 5.41) is 7.49. The summed E-state index contributed by atoms with van der Waals surface area (Å²) in [7, 11) is 0. The fraction of sp³-hybridized carbons (Fsp3) is 0. The van der Waals surface area contributed by atoms with E-state index in [0.29, 0.717) is 5.69 Å². The molecular weight excluding hydrogens is 277 g/mol. The van der Waals surface area contributed by atoms with Gasteiger partial charge in [0.1, 0.15) is 5.82 Å². The summed E-state index contributed by atoms with van der Waals surface area (Å²) in [4.78, 5) is 0. The van der Waals surface area contributed by atoms with Crippen LogP contribution in [-0.4, -0.2) is 9.78 Å². The third-order valence-corrected chi connectivity index (χ3v) is 3.10. The van der Waals surface area contributed by atoms with E-state index in [1.165, 1.54) is 12.1 Å². The van der Waals surface area contributed by atoms with Crippen molar-refractivity contribution >= 4 is 23.0 Å². The first-order chi connectivity index (χ1) is 9.72. The third kappa shape index (κ3) is 2.65. The summed E-state index contributed by atoms with van der Waals surface area (Å²) in [5.74, 6) is -0.433. The molecular formula is C15H11ClFN3. The first-order valence-electron chi connectivity index (χ1n) is 6.04. The Kier molecular flexibility index (Phi) is 3.39. The molecule has 100 valence electrons. The summed E-state index contributed by atoms with van der Waals surface area (Å²) in [6, 6.07) is 14.3. The lowest BCUT2D eigenvalue weighted by Crippen LogP contribution is -1.93. The van der Waals surface area contributed by atoms with Gasteiger partial charge in [0, 0.05) is 5.69 Å². The number of benzene rings is 2. The highest BCUT2D eigenvalue weighted by molar-refractivity contribution is 6.31. The van der Waals surface area contributed by atoms with Gasteiger partial charge in [0.2, 0.25) is 0 Å². The molecule has 0 aliphatic carbocycles. The largest absolute Gasteiger partial charge is 0.353 e. The maximum Gasteiger partial charge on any atom is 0.141 e. The number of hydrogen-bond donors (Lipinski definition) is 1. The number of anilines is 2. The second-order valence-corrected chi connectivity index (χ2v) is 4.67. The predicted octanol–water partition coefficient (Wildman–Crippen LogP) is 4.41. The Morgan fingerprint density at radius 1 is 1.05 bits per heavy atom. The lowest BCUT2D eigenvalue weighted by molar-refractivity contribution is 0.628. The minimum absolute atomic E-state index is 0.0884. The second-order valence-electron chi connectivity index (χ2n) is 4.26. The SMILES string of the molecule is Fc1ccc(Nc2cnn(-c3ccccc3)c2)cc1Cl. The van der Waals surface area contributed by atoms with Crippen LogP contribution in [-0.2, 0) is 0 Å². The summed E-state index contributed by atoms with van der Waals surface area (Å²) < 4.78 is 14.8. The Morgan fingerprint density at radius 2 is 1.85 bits per heavy atom. The topological polar surface area (TPSA) is 29.9 Å². The van der Waals surface area contributed by atoms with Crippen molar-refractivity contribution < 1.29 is 4.39 Å². The molecule has 0 saturated heterocycles. The zero-order chi connectivity index (χ0) is 13.9. The van der Waals surface area contributed by atoms with Gasteiger partial charge in [-0.1, -0.05) is 29.8 Å². The molecule has 5 heteroatoms. The van der Waals surface area contributed by atoms with Crippen LogP contribution in [0.5, 0.6) is 0 Å². The van der Waals surface area contributed by atoms with Gasteiger partial charge in [-0.15, -0.1) is 0 Å². The zero-order valence-electron chi connectivity index (χ0n) is 10.4. The molecule has 1 N–H and O–H groups in total. The van der Waals surface area contributed by atoms with Crippen LogP contribution in [0.1, 0.15) is 0 Å². The van der Waals surface area contributed by atoms with E-state index in [1.54, 1.807) is 16.9 Å². The summed E-state index contributed by atoms with van der Waals surface area (Å²) >= 11 is 5.75. The van der Waals surface area contributed by atoms with Gasteiger partial charge in [-0.2, -0.15) is 5.10 Å². The monoisotopic (exact) mass is 287 g/mol. The number of aromatic nitrogens is 2. The van der Waals surface area contributed by atoms with Gasteiger partial charge in [-0.3, -0.25) is 0 Å². The minimum atomic E-state index is -0.433. The van der Waals surface area contributed by atoms with Gasteiger partial charge < -0.3 is 5.32 Å². The summed E-state index contributed by atoms with van der Waals surface area (Å²) in [5.41, 5.74) is 2.48. The predicted molar refractivity (Wildman–Crippen MR) is 78.3 cm³/mol. The van der Waals surface area contributed by atoms with E-state index in [4.69, 9.17) is 11.6 Å². The lowest BCUT2D eigenvalue weighted by Gasteiger charge is -2.04. The van der Waals surface area contributed by atoms with Gasteiger partial charge in [0.15, 0.2) is 0 Å². The van der Waals surface area contributed by atoms with Crippen LogP contribution in [0.15, 0.2) is 60.9 Å². The Labute approximate surface area is 120 Å². The van der Waals surface area contributed by atoms with Crippen molar-refractivity contribution in [2.75, 3.05) is 5.32 Å². The van der Waals surface area contributed by atoms with E-state index in [1.807, 2.05) is 36.5 Å². The molecule has 0 spiro atoms. The van der Waals surface area contributed by atoms with Crippen LogP contribution >= 0.6 is 11.6 Å². The molecule has 2 aromatic carbocycles. The highest BCUT2D eigenvalue weighted by Gasteiger charge is 2.03. The van der Waals surface area contributed by atoms with Crippen molar-refractivity contribution in [3.05, 3.63) is 71.8 Å². The van der Waals surface area contributed by atoms with Crippen molar-refractivity contribution in [1.82, 2.24) is 9.78 Å². The van der Waals surface area contributed by atoms with E-state index in [9.17, 15) is 4.39 Å². The van der Waals surface area contributed by atoms with Crippen molar-refractivity contribution in [2.24, 2.45) is 0 Å². The highest BCUT2D eigenvalue weighted by Crippen LogP contribution is 2.23. The molecule has 1 aromatic heterocycles. The van der Waals surface area contributed by atoms with Crippen molar-refractivity contribution in [1.29, 1.82) is 0 Å². The molecule has 0 aliphatic rings. The minimum Gasteiger partial charge on any atom is -0.353 e. The molecule has 3 rings (SSSR count). The quantitative estimate of drug-likeness (QED) is 0.773. The van der Waals surface area contributed by atoms with Crippen LogP contribution in [0, 0.1) is 5.82 Å². The highest BCUT2D eigenvalue weighted by atomic mass is 35.5. The Balaban J connectivity index is 1.82. The van der Waals surface area contributed by atoms with E-state index in [-0.39, 0.29) is 5.02 Å². The van der Waals surface area contributed by atoms with Crippen LogP contribution in [0.4, 0.5) is 15.8 Å². The van der Waals surface area contributed by atoms with Crippen LogP contribution < -0.4 is 5.32 Å². The molecule has 3 nitrogen and oxygen atoms in total. The second kappa shape index (κ2) is 5.35. The molecule has 20 heavy (non-hydrogen) atoms. The van der Waals surface area contributed by atoms with E-state index in [0.717, 1.165) is 11.4 Å². The smallest absolute Gasteiger partial charge is 0.141 e. The van der Waals surface area contributed by atoms with Crippen molar-refractivity contribution in [3.8, 4) is 5.69 Å². The maximum absolute atomic E-state index is 13.1. The van der Waals surface area contributed by atoms with Crippen LogP contribution in [0.25, 0.3) is 5.69 Å². The first-order valence-corrected chi connectivity index (χ1v) is 6.42. The Morgan fingerprint density at radius 3 is 2.60 bits per heavy atom. The summed E-state index contributed by atoms with van der Waals surface area (Å²) in [6.45, 7) is 0. The molecule has 3 aromatic rings. The van der Waals surface area contributed by atoms with Crippen LogP contribution in [0.2, 0.25) is 5.02 Å². The average Bonchev–Trinajstić information content (AvgIpc) is 2.92. The number of nitrogens with one attached hydrogen (secondary N) is 1. The molecule has 0 radical (unpaired) electrons. The standard InChI is InChI=1S/C15H11ClFN3/c16-14-8-11(6-7-15(14)17)19-12-9-18-20(10-12)13-4-2-1-3-5-13/h1-10,19H. The number of rotatable bonds is 3. The molecule has 0 unspecified atom stereocenters. The van der Waals surface area contributed by atoms with E-state index >= 15 is 0 Å². The van der Waals surface area contributed by atoms with Crippen LogP contribution in [0.3, 0.4) is 0 Å². The van der Waals surface area contributed by atoms with Gasteiger partial charge in [-0.05, 0) is 30.3 Å². The molecule has 1 heterocycles. The molecule has 0 amide bonds. The fourth-order valence-corrected chi connectivity index (χ4v) is 2.03.